The van der Waals surface area contributed by atoms with Crippen LogP contribution in [0.5, 0.6) is 0 Å². The lowest BCUT2D eigenvalue weighted by atomic mass is 10.1. The maximum Gasteiger partial charge on any atom is 0.135 e. The van der Waals surface area contributed by atoms with Gasteiger partial charge >= 0.3 is 0 Å². The molecule has 0 aromatic rings. The van der Waals surface area contributed by atoms with E-state index in [-0.39, 0.29) is 31.4 Å². The van der Waals surface area contributed by atoms with E-state index < -0.39 is 0 Å². The molecule has 3 rings (SSSR count). The quantitative estimate of drug-likeness (QED) is 0.359. The molecule has 0 aromatic carbocycles. The minimum atomic E-state index is -0.305. The molecule has 120 valence electrons. The summed E-state index contributed by atoms with van der Waals surface area (Å²) in [6.45, 7) is 5.83. The lowest BCUT2D eigenvalue weighted by molar-refractivity contribution is -0.0659. The fourth-order valence-corrected chi connectivity index (χ4v) is 3.34. The van der Waals surface area contributed by atoms with Gasteiger partial charge in [-0.3, -0.25) is 16.4 Å². The monoisotopic (exact) mass is 298 g/mol. The Morgan fingerprint density at radius 1 is 1.52 bits per heavy atom. The first kappa shape index (κ1) is 14.9. The Labute approximate surface area is 125 Å². The van der Waals surface area contributed by atoms with Gasteiger partial charge in [-0.1, -0.05) is 13.8 Å². The van der Waals surface area contributed by atoms with Gasteiger partial charge in [0.25, 0.3) is 0 Å². The Morgan fingerprint density at radius 2 is 2.33 bits per heavy atom. The summed E-state index contributed by atoms with van der Waals surface area (Å²) in [4.78, 5) is 2.17. The zero-order valence-electron chi connectivity index (χ0n) is 12.6. The Morgan fingerprint density at radius 3 is 3.00 bits per heavy atom. The second kappa shape index (κ2) is 5.98. The molecule has 21 heavy (non-hydrogen) atoms. The van der Waals surface area contributed by atoms with Crippen LogP contribution in [0, 0.1) is 5.92 Å². The number of likely N-dealkylation sites (N-methyl/N-ethyl adjacent to an activating group) is 1. The standard InChI is InChI=1S/C13H26N6O2/c1-3-15-10-9-11(18-13(14)17-10)19(6-16-9)12-7(2)4-8(5-20)21-12/h7-8,10,12-13,15-18,20H,3-6,14H2,1-2H3. The van der Waals surface area contributed by atoms with Crippen LogP contribution in [-0.4, -0.2) is 54.6 Å². The molecule has 0 radical (unpaired) electrons. The number of ether oxygens (including phenoxy) is 1. The molecular formula is C13H26N6O2. The molecule has 0 spiro atoms. The molecule has 1 saturated heterocycles. The van der Waals surface area contributed by atoms with Gasteiger partial charge in [0, 0.05) is 5.92 Å². The molecule has 0 bridgehead atoms. The van der Waals surface area contributed by atoms with Gasteiger partial charge in [-0.25, -0.2) is 0 Å². The summed E-state index contributed by atoms with van der Waals surface area (Å²) in [5.41, 5.74) is 7.10. The summed E-state index contributed by atoms with van der Waals surface area (Å²) in [7, 11) is 0. The van der Waals surface area contributed by atoms with Crippen molar-refractivity contribution in [3.8, 4) is 0 Å². The third-order valence-corrected chi connectivity index (χ3v) is 4.28. The van der Waals surface area contributed by atoms with Crippen molar-refractivity contribution in [1.29, 1.82) is 0 Å². The number of hydrogen-bond acceptors (Lipinski definition) is 8. The highest BCUT2D eigenvalue weighted by atomic mass is 16.5. The third-order valence-electron chi connectivity index (χ3n) is 4.28. The maximum atomic E-state index is 9.30. The maximum absolute atomic E-state index is 9.30. The molecule has 0 amide bonds. The summed E-state index contributed by atoms with van der Waals surface area (Å²) in [6, 6.07) is 0. The molecule has 0 saturated carbocycles. The van der Waals surface area contributed by atoms with Crippen molar-refractivity contribution < 1.29 is 9.84 Å². The van der Waals surface area contributed by atoms with Crippen molar-refractivity contribution >= 4 is 0 Å². The second-order valence-corrected chi connectivity index (χ2v) is 5.89. The predicted octanol–water partition coefficient (Wildman–Crippen LogP) is -1.87. The average Bonchev–Trinajstić information content (AvgIpc) is 3.02. The second-order valence-electron chi connectivity index (χ2n) is 5.89. The first-order valence-electron chi connectivity index (χ1n) is 7.66. The van der Waals surface area contributed by atoms with Gasteiger partial charge in [0.15, 0.2) is 0 Å². The number of aliphatic hydroxyl groups is 1. The summed E-state index contributed by atoms with van der Waals surface area (Å²) in [6.07, 6.45) is 0.468. The van der Waals surface area contributed by atoms with Crippen LogP contribution in [0.1, 0.15) is 20.3 Å². The third kappa shape index (κ3) is 2.69. The Hall–Kier alpha value is -1.06. The highest BCUT2D eigenvalue weighted by Crippen LogP contribution is 2.32. The Bertz CT molecular complexity index is 417. The zero-order valence-corrected chi connectivity index (χ0v) is 12.6. The number of nitrogens with two attached hydrogens (primary N) is 1. The van der Waals surface area contributed by atoms with Crippen molar-refractivity contribution in [3.63, 3.8) is 0 Å². The topological polar surface area (TPSA) is 107 Å². The number of rotatable bonds is 4. The number of nitrogens with one attached hydrogen (secondary N) is 4. The van der Waals surface area contributed by atoms with Crippen LogP contribution in [0.15, 0.2) is 11.5 Å². The minimum absolute atomic E-state index is 0.0107. The first-order valence-corrected chi connectivity index (χ1v) is 7.66. The number of nitrogens with zero attached hydrogens (tertiary/aromatic N) is 1. The van der Waals surface area contributed by atoms with E-state index in [0.717, 1.165) is 24.5 Å². The Kier molecular flexibility index (Phi) is 4.23. The normalized spacial score (nSPS) is 39.2. The van der Waals surface area contributed by atoms with Gasteiger partial charge in [0.2, 0.25) is 0 Å². The number of aliphatic hydroxyl groups excluding tert-OH is 1. The van der Waals surface area contributed by atoms with Crippen molar-refractivity contribution in [2.24, 2.45) is 11.7 Å². The highest BCUT2D eigenvalue weighted by Gasteiger charge is 2.42. The van der Waals surface area contributed by atoms with Crippen LogP contribution in [0.2, 0.25) is 0 Å². The lowest BCUT2D eigenvalue weighted by Crippen LogP contribution is -2.63. The molecule has 3 heterocycles. The molecule has 5 unspecified atom stereocenters. The van der Waals surface area contributed by atoms with Crippen LogP contribution in [0.4, 0.5) is 0 Å². The fraction of sp³-hybridized carbons (Fsp3) is 0.846. The average molecular weight is 298 g/mol. The van der Waals surface area contributed by atoms with Crippen molar-refractivity contribution in [3.05, 3.63) is 11.5 Å². The summed E-state index contributed by atoms with van der Waals surface area (Å²) >= 11 is 0. The van der Waals surface area contributed by atoms with E-state index in [1.54, 1.807) is 0 Å². The lowest BCUT2D eigenvalue weighted by Gasteiger charge is -2.36. The van der Waals surface area contributed by atoms with Gasteiger partial charge in [-0.05, 0) is 13.0 Å². The molecule has 5 atom stereocenters. The van der Waals surface area contributed by atoms with Gasteiger partial charge in [-0.2, -0.15) is 0 Å². The van der Waals surface area contributed by atoms with Crippen LogP contribution in [0.25, 0.3) is 0 Å². The van der Waals surface area contributed by atoms with Gasteiger partial charge < -0.3 is 25.4 Å². The molecule has 0 aromatic heterocycles. The van der Waals surface area contributed by atoms with Crippen molar-refractivity contribution in [2.75, 3.05) is 19.8 Å². The van der Waals surface area contributed by atoms with E-state index in [2.05, 4.69) is 40.0 Å². The molecule has 1 fully saturated rings. The van der Waals surface area contributed by atoms with Crippen LogP contribution in [-0.2, 0) is 4.74 Å². The van der Waals surface area contributed by atoms with Gasteiger partial charge in [0.05, 0.1) is 25.1 Å². The molecule has 3 aliphatic heterocycles. The zero-order chi connectivity index (χ0) is 15.0. The fourth-order valence-electron chi connectivity index (χ4n) is 3.34. The molecular weight excluding hydrogens is 272 g/mol. The van der Waals surface area contributed by atoms with E-state index >= 15 is 0 Å². The molecule has 0 aliphatic carbocycles. The minimum Gasteiger partial charge on any atom is -0.394 e. The summed E-state index contributed by atoms with van der Waals surface area (Å²) < 4.78 is 5.97. The largest absolute Gasteiger partial charge is 0.394 e. The van der Waals surface area contributed by atoms with E-state index in [1.807, 2.05) is 0 Å². The first-order chi connectivity index (χ1) is 10.1. The molecule has 8 nitrogen and oxygen atoms in total. The van der Waals surface area contributed by atoms with Crippen LogP contribution in [0.3, 0.4) is 0 Å². The van der Waals surface area contributed by atoms with Crippen molar-refractivity contribution in [1.82, 2.24) is 26.2 Å². The molecule has 3 aliphatic rings. The highest BCUT2D eigenvalue weighted by molar-refractivity contribution is 5.24. The smallest absolute Gasteiger partial charge is 0.135 e. The SMILES string of the molecule is CCNC1NC(N)NC2=C1NCN2C1OC(CO)CC1C. The van der Waals surface area contributed by atoms with E-state index in [4.69, 9.17) is 10.5 Å². The Balaban J connectivity index is 1.79. The van der Waals surface area contributed by atoms with Gasteiger partial charge in [-0.15, -0.1) is 0 Å². The molecule has 8 heteroatoms. The van der Waals surface area contributed by atoms with Gasteiger partial charge in [0.1, 0.15) is 24.5 Å². The van der Waals surface area contributed by atoms with Crippen LogP contribution < -0.4 is 27.0 Å². The van der Waals surface area contributed by atoms with Crippen molar-refractivity contribution in [2.45, 2.75) is 45.1 Å². The summed E-state index contributed by atoms with van der Waals surface area (Å²) in [5.74, 6) is 1.35. The van der Waals surface area contributed by atoms with E-state index in [1.165, 1.54) is 0 Å². The predicted molar refractivity (Wildman–Crippen MR) is 78.1 cm³/mol. The number of hydrogen-bond donors (Lipinski definition) is 6. The van der Waals surface area contributed by atoms with Crippen LogP contribution >= 0.6 is 0 Å². The summed E-state index contributed by atoms with van der Waals surface area (Å²) in [5, 5.41) is 22.6. The van der Waals surface area contributed by atoms with E-state index in [0.29, 0.717) is 12.6 Å². The van der Waals surface area contributed by atoms with E-state index in [9.17, 15) is 5.11 Å². The molecule has 7 N–H and O–H groups in total.